The molecule has 0 bridgehead atoms. The van der Waals surface area contributed by atoms with Gasteiger partial charge in [-0.1, -0.05) is 85.2 Å². The molecule has 0 aliphatic carbocycles. The third-order valence-electron chi connectivity index (χ3n) is 6.54. The molecule has 1 heterocycles. The Balaban J connectivity index is 1.56. The lowest BCUT2D eigenvalue weighted by Gasteiger charge is -2.30. The van der Waals surface area contributed by atoms with Crippen LogP contribution >= 0.6 is 23.4 Å². The highest BCUT2D eigenvalue weighted by molar-refractivity contribution is 8.03. The Bertz CT molecular complexity index is 1480. The number of rotatable bonds is 10. The third kappa shape index (κ3) is 7.15. The minimum Gasteiger partial charge on any atom is -0.353 e. The highest BCUT2D eigenvalue weighted by Crippen LogP contribution is 2.43. The Hall–Kier alpha value is -3.99. The first-order valence-corrected chi connectivity index (χ1v) is 14.5. The number of allylic oxidation sites excluding steroid dienone is 2. The van der Waals surface area contributed by atoms with E-state index in [1.165, 1.54) is 17.3 Å². The smallest absolute Gasteiger partial charge is 0.254 e. The molecule has 1 aliphatic rings. The summed E-state index contributed by atoms with van der Waals surface area (Å²) in [5, 5.41) is 20.3. The molecule has 3 aromatic rings. The second-order valence-electron chi connectivity index (χ2n) is 9.43. The number of thioether (sulfide) groups is 1. The van der Waals surface area contributed by atoms with Crippen LogP contribution in [-0.2, 0) is 16.0 Å². The number of carbonyl (C=O) groups excluding carboxylic acids is 2. The highest BCUT2D eigenvalue weighted by atomic mass is 35.5. The van der Waals surface area contributed by atoms with Crippen LogP contribution < -0.4 is 16.0 Å². The molecule has 2 amide bonds. The number of hydrogen-bond acceptors (Lipinski definition) is 5. The molecule has 8 heteroatoms. The summed E-state index contributed by atoms with van der Waals surface area (Å²) in [4.78, 5) is 26.3. The molecular formula is C32H31ClN4O2S. The maximum atomic E-state index is 13.5. The van der Waals surface area contributed by atoms with Crippen molar-refractivity contribution in [1.82, 2.24) is 5.32 Å². The largest absolute Gasteiger partial charge is 0.353 e. The summed E-state index contributed by atoms with van der Waals surface area (Å²) in [7, 11) is 0. The Morgan fingerprint density at radius 1 is 0.975 bits per heavy atom. The van der Waals surface area contributed by atoms with E-state index < -0.39 is 5.92 Å². The van der Waals surface area contributed by atoms with E-state index in [0.717, 1.165) is 24.9 Å². The number of anilines is 2. The summed E-state index contributed by atoms with van der Waals surface area (Å²) in [6.07, 6.45) is 3.28. The number of nitrogens with one attached hydrogen (secondary N) is 3. The SMILES string of the molecule is CCCCc1ccc(NC(=O)CSC2=C(C#N)[C@@H](c3ccccc3Cl)C(C(=O)Nc3ccccc3)=C(C)N2)cc1. The number of nitrogens with zero attached hydrogens (tertiary/aromatic N) is 1. The van der Waals surface area contributed by atoms with Gasteiger partial charge < -0.3 is 16.0 Å². The number of benzene rings is 3. The molecule has 3 N–H and O–H groups in total. The van der Waals surface area contributed by atoms with Crippen LogP contribution in [0.15, 0.2) is 101 Å². The quantitative estimate of drug-likeness (QED) is 0.236. The first-order valence-electron chi connectivity index (χ1n) is 13.2. The lowest BCUT2D eigenvalue weighted by molar-refractivity contribution is -0.114. The van der Waals surface area contributed by atoms with E-state index in [2.05, 4.69) is 28.9 Å². The van der Waals surface area contributed by atoms with Crippen molar-refractivity contribution < 1.29 is 9.59 Å². The van der Waals surface area contributed by atoms with Gasteiger partial charge in [0.25, 0.3) is 5.91 Å². The van der Waals surface area contributed by atoms with Gasteiger partial charge in [0.05, 0.1) is 28.3 Å². The molecule has 40 heavy (non-hydrogen) atoms. The molecule has 204 valence electrons. The van der Waals surface area contributed by atoms with Gasteiger partial charge in [0.1, 0.15) is 0 Å². The minimum absolute atomic E-state index is 0.0825. The molecule has 0 spiro atoms. The van der Waals surface area contributed by atoms with Gasteiger partial charge in [0.15, 0.2) is 0 Å². The highest BCUT2D eigenvalue weighted by Gasteiger charge is 2.36. The van der Waals surface area contributed by atoms with Crippen LogP contribution in [0.1, 0.15) is 43.7 Å². The topological polar surface area (TPSA) is 94.0 Å². The van der Waals surface area contributed by atoms with Crippen molar-refractivity contribution in [2.75, 3.05) is 16.4 Å². The maximum Gasteiger partial charge on any atom is 0.254 e. The van der Waals surface area contributed by atoms with Crippen LogP contribution in [0, 0.1) is 11.3 Å². The summed E-state index contributed by atoms with van der Waals surface area (Å²) in [6.45, 7) is 3.95. The fourth-order valence-corrected chi connectivity index (χ4v) is 5.67. The first-order chi connectivity index (χ1) is 19.4. The van der Waals surface area contributed by atoms with Crippen molar-refractivity contribution in [2.24, 2.45) is 0 Å². The molecule has 0 saturated heterocycles. The number of amides is 2. The molecule has 0 saturated carbocycles. The Labute approximate surface area is 244 Å². The number of aryl methyl sites for hydroxylation is 1. The average Bonchev–Trinajstić information content (AvgIpc) is 2.96. The van der Waals surface area contributed by atoms with Crippen LogP contribution in [0.25, 0.3) is 0 Å². The normalized spacial score (nSPS) is 14.8. The minimum atomic E-state index is -0.704. The summed E-state index contributed by atoms with van der Waals surface area (Å²) in [5.74, 6) is -1.15. The molecular weight excluding hydrogens is 540 g/mol. The van der Waals surface area contributed by atoms with E-state index in [0.29, 0.717) is 38.1 Å². The van der Waals surface area contributed by atoms with Gasteiger partial charge in [0, 0.05) is 27.7 Å². The van der Waals surface area contributed by atoms with Crippen LogP contribution in [0.5, 0.6) is 0 Å². The molecule has 0 unspecified atom stereocenters. The van der Waals surface area contributed by atoms with Crippen molar-refractivity contribution in [3.63, 3.8) is 0 Å². The van der Waals surface area contributed by atoms with E-state index in [1.807, 2.05) is 54.6 Å². The fourth-order valence-electron chi connectivity index (χ4n) is 4.54. The van der Waals surface area contributed by atoms with E-state index in [9.17, 15) is 14.9 Å². The molecule has 4 rings (SSSR count). The Morgan fingerprint density at radius 3 is 2.33 bits per heavy atom. The second kappa shape index (κ2) is 13.9. The second-order valence-corrected chi connectivity index (χ2v) is 10.8. The summed E-state index contributed by atoms with van der Waals surface area (Å²) in [5.41, 5.74) is 4.56. The van der Waals surface area contributed by atoms with Crippen molar-refractivity contribution in [1.29, 1.82) is 5.26 Å². The molecule has 3 aromatic carbocycles. The number of hydrogen-bond donors (Lipinski definition) is 3. The van der Waals surface area contributed by atoms with Crippen LogP contribution in [0.4, 0.5) is 11.4 Å². The monoisotopic (exact) mass is 570 g/mol. The summed E-state index contributed by atoms with van der Waals surface area (Å²) >= 11 is 7.81. The first kappa shape index (κ1) is 29.0. The van der Waals surface area contributed by atoms with Crippen LogP contribution in [0.2, 0.25) is 5.02 Å². The van der Waals surface area contributed by atoms with Gasteiger partial charge in [-0.2, -0.15) is 5.26 Å². The number of nitriles is 1. The zero-order valence-corrected chi connectivity index (χ0v) is 24.0. The molecule has 0 fully saturated rings. The number of carbonyl (C=O) groups is 2. The van der Waals surface area contributed by atoms with Crippen molar-refractivity contribution in [2.45, 2.75) is 39.0 Å². The van der Waals surface area contributed by atoms with Gasteiger partial charge in [0.2, 0.25) is 5.91 Å². The molecule has 0 aromatic heterocycles. The Morgan fingerprint density at radius 2 is 1.65 bits per heavy atom. The maximum absolute atomic E-state index is 13.5. The van der Waals surface area contributed by atoms with E-state index >= 15 is 0 Å². The number of unbranched alkanes of at least 4 members (excludes halogenated alkanes) is 1. The van der Waals surface area contributed by atoms with Gasteiger partial charge in [-0.25, -0.2) is 0 Å². The predicted molar refractivity (Wildman–Crippen MR) is 164 cm³/mol. The summed E-state index contributed by atoms with van der Waals surface area (Å²) < 4.78 is 0. The van der Waals surface area contributed by atoms with Gasteiger partial charge in [-0.3, -0.25) is 9.59 Å². The van der Waals surface area contributed by atoms with Crippen LogP contribution in [0.3, 0.4) is 0 Å². The molecule has 6 nitrogen and oxygen atoms in total. The Kier molecular flexibility index (Phi) is 10.1. The molecule has 0 radical (unpaired) electrons. The van der Waals surface area contributed by atoms with Gasteiger partial charge >= 0.3 is 0 Å². The number of dihydropyridines is 1. The fraction of sp³-hybridized carbons (Fsp3) is 0.219. The van der Waals surface area contributed by atoms with Gasteiger partial charge in [-0.15, -0.1) is 0 Å². The molecule has 1 atom stereocenters. The van der Waals surface area contributed by atoms with Crippen LogP contribution in [-0.4, -0.2) is 17.6 Å². The van der Waals surface area contributed by atoms with E-state index in [1.54, 1.807) is 31.2 Å². The van der Waals surface area contributed by atoms with Gasteiger partial charge in [-0.05, 0) is 61.2 Å². The number of para-hydroxylation sites is 1. The zero-order chi connectivity index (χ0) is 28.5. The van der Waals surface area contributed by atoms with Crippen molar-refractivity contribution >= 4 is 46.6 Å². The summed E-state index contributed by atoms with van der Waals surface area (Å²) in [6, 6.07) is 26.5. The third-order valence-corrected chi connectivity index (χ3v) is 7.91. The zero-order valence-electron chi connectivity index (χ0n) is 22.5. The van der Waals surface area contributed by atoms with Crippen molar-refractivity contribution in [3.05, 3.63) is 117 Å². The van der Waals surface area contributed by atoms with E-state index in [4.69, 9.17) is 11.6 Å². The number of halogens is 1. The standard InChI is InChI=1S/C32H31ClN4O2S/c1-3-4-10-22-15-17-24(18-16-22)36-28(38)20-40-32-26(19-34)30(25-13-8-9-14-27(25)33)29(21(2)35-32)31(39)37-23-11-6-5-7-12-23/h5-9,11-18,30,35H,3-4,10,20H2,1-2H3,(H,36,38)(H,37,39)/t30-/m1/s1. The lowest BCUT2D eigenvalue weighted by Crippen LogP contribution is -2.31. The molecule has 1 aliphatic heterocycles. The van der Waals surface area contributed by atoms with E-state index in [-0.39, 0.29) is 17.6 Å². The predicted octanol–water partition coefficient (Wildman–Crippen LogP) is 7.39. The van der Waals surface area contributed by atoms with Crippen molar-refractivity contribution in [3.8, 4) is 6.07 Å². The average molecular weight is 571 g/mol. The lowest BCUT2D eigenvalue weighted by atomic mass is 9.82.